The van der Waals surface area contributed by atoms with Crippen LogP contribution >= 0.6 is 27.3 Å². The molecule has 0 unspecified atom stereocenters. The van der Waals surface area contributed by atoms with Crippen LogP contribution in [0.25, 0.3) is 0 Å². The Labute approximate surface area is 118 Å². The number of carbonyl (C=O) groups excluding carboxylic acids is 1. The minimum Gasteiger partial charge on any atom is -0.266 e. The van der Waals surface area contributed by atoms with E-state index >= 15 is 0 Å². The number of benzene rings is 1. The molecule has 0 saturated heterocycles. The molecule has 0 saturated carbocycles. The minimum atomic E-state index is -0.172. The van der Waals surface area contributed by atoms with E-state index in [0.29, 0.717) is 4.88 Å². The Morgan fingerprint density at radius 1 is 1.44 bits per heavy atom. The zero-order valence-electron chi connectivity index (χ0n) is 9.68. The van der Waals surface area contributed by atoms with Gasteiger partial charge >= 0.3 is 0 Å². The van der Waals surface area contributed by atoms with E-state index in [1.54, 1.807) is 6.21 Å². The first-order valence-corrected chi connectivity index (χ1v) is 6.97. The fraction of sp³-hybridized carbons (Fsp3) is 0.0769. The average Bonchev–Trinajstić information content (AvgIpc) is 2.75. The number of thiophene rings is 1. The summed E-state index contributed by atoms with van der Waals surface area (Å²) >= 11 is 4.79. The third kappa shape index (κ3) is 3.27. The van der Waals surface area contributed by atoms with Gasteiger partial charge in [0.2, 0.25) is 0 Å². The average molecular weight is 323 g/mol. The lowest BCUT2D eigenvalue weighted by atomic mass is 10.2. The summed E-state index contributed by atoms with van der Waals surface area (Å²) in [4.78, 5) is 12.5. The summed E-state index contributed by atoms with van der Waals surface area (Å²) in [5.41, 5.74) is 4.41. The largest absolute Gasteiger partial charge is 0.281 e. The van der Waals surface area contributed by atoms with E-state index in [4.69, 9.17) is 0 Å². The maximum Gasteiger partial charge on any atom is 0.281 e. The lowest BCUT2D eigenvalue weighted by Gasteiger charge is -1.98. The first kappa shape index (κ1) is 13.0. The molecule has 0 spiro atoms. The molecule has 2 aromatic rings. The van der Waals surface area contributed by atoms with Gasteiger partial charge in [0.1, 0.15) is 0 Å². The fourth-order valence-electron chi connectivity index (χ4n) is 1.41. The molecule has 1 aromatic heterocycles. The maximum absolute atomic E-state index is 11.8. The van der Waals surface area contributed by atoms with Crippen LogP contribution < -0.4 is 5.43 Å². The molecular weight excluding hydrogens is 312 g/mol. The molecule has 0 radical (unpaired) electrons. The Hall–Kier alpha value is -1.46. The van der Waals surface area contributed by atoms with Gasteiger partial charge in [0.25, 0.3) is 5.91 Å². The first-order chi connectivity index (χ1) is 8.66. The van der Waals surface area contributed by atoms with Crippen molar-refractivity contribution in [1.82, 2.24) is 5.43 Å². The van der Waals surface area contributed by atoms with Gasteiger partial charge in [-0.05, 0) is 41.6 Å². The second kappa shape index (κ2) is 5.93. The third-order valence-corrected chi connectivity index (χ3v) is 3.81. The highest BCUT2D eigenvalue weighted by molar-refractivity contribution is 9.10. The van der Waals surface area contributed by atoms with Gasteiger partial charge in [-0.3, -0.25) is 4.79 Å². The predicted molar refractivity (Wildman–Crippen MR) is 78.3 cm³/mol. The zero-order chi connectivity index (χ0) is 13.0. The van der Waals surface area contributed by atoms with E-state index < -0.39 is 0 Å². The Bertz CT molecular complexity index is 592. The van der Waals surface area contributed by atoms with Crippen LogP contribution in [-0.2, 0) is 0 Å². The molecule has 0 bridgehead atoms. The Morgan fingerprint density at radius 2 is 2.28 bits per heavy atom. The summed E-state index contributed by atoms with van der Waals surface area (Å²) in [5, 5.41) is 5.83. The van der Waals surface area contributed by atoms with Crippen molar-refractivity contribution < 1.29 is 4.79 Å². The monoisotopic (exact) mass is 322 g/mol. The van der Waals surface area contributed by atoms with Crippen molar-refractivity contribution in [3.63, 3.8) is 0 Å². The molecular formula is C13H11BrN2OS. The van der Waals surface area contributed by atoms with Crippen LogP contribution in [0, 0.1) is 6.92 Å². The summed E-state index contributed by atoms with van der Waals surface area (Å²) < 4.78 is 0.979. The van der Waals surface area contributed by atoms with Crippen LogP contribution in [0.1, 0.15) is 20.8 Å². The van der Waals surface area contributed by atoms with Crippen molar-refractivity contribution in [3.8, 4) is 0 Å². The normalized spacial score (nSPS) is 10.8. The summed E-state index contributed by atoms with van der Waals surface area (Å²) in [6.45, 7) is 1.91. The van der Waals surface area contributed by atoms with Crippen LogP contribution in [0.4, 0.5) is 0 Å². The van der Waals surface area contributed by atoms with Crippen molar-refractivity contribution in [1.29, 1.82) is 0 Å². The van der Waals surface area contributed by atoms with Gasteiger partial charge in [0, 0.05) is 4.47 Å². The second-order valence-corrected chi connectivity index (χ2v) is 5.52. The zero-order valence-corrected chi connectivity index (χ0v) is 12.1. The number of nitrogens with one attached hydrogen (secondary N) is 1. The van der Waals surface area contributed by atoms with E-state index in [1.807, 2.05) is 42.6 Å². The predicted octanol–water partition coefficient (Wildman–Crippen LogP) is 3.58. The van der Waals surface area contributed by atoms with Gasteiger partial charge < -0.3 is 0 Å². The third-order valence-electron chi connectivity index (χ3n) is 2.30. The van der Waals surface area contributed by atoms with Crippen LogP contribution in [0.3, 0.4) is 0 Å². The van der Waals surface area contributed by atoms with Crippen molar-refractivity contribution >= 4 is 39.4 Å². The van der Waals surface area contributed by atoms with Gasteiger partial charge in [-0.25, -0.2) is 5.43 Å². The Morgan fingerprint density at radius 3 is 2.94 bits per heavy atom. The highest BCUT2D eigenvalue weighted by Crippen LogP contribution is 2.15. The van der Waals surface area contributed by atoms with E-state index in [2.05, 4.69) is 26.5 Å². The van der Waals surface area contributed by atoms with Gasteiger partial charge in [0.05, 0.1) is 11.1 Å². The molecule has 2 rings (SSSR count). The van der Waals surface area contributed by atoms with Gasteiger partial charge in [0.15, 0.2) is 0 Å². The molecule has 3 nitrogen and oxygen atoms in total. The van der Waals surface area contributed by atoms with Gasteiger partial charge in [-0.1, -0.05) is 28.1 Å². The van der Waals surface area contributed by atoms with Gasteiger partial charge in [-0.2, -0.15) is 5.10 Å². The van der Waals surface area contributed by atoms with E-state index in [0.717, 1.165) is 15.6 Å². The smallest absolute Gasteiger partial charge is 0.266 e. The molecule has 5 heteroatoms. The molecule has 1 N–H and O–H groups in total. The molecule has 1 aromatic carbocycles. The quantitative estimate of drug-likeness (QED) is 0.681. The molecule has 0 fully saturated rings. The molecule has 0 aliphatic heterocycles. The number of aryl methyl sites for hydroxylation is 1. The first-order valence-electron chi connectivity index (χ1n) is 5.30. The van der Waals surface area contributed by atoms with Crippen molar-refractivity contribution in [3.05, 3.63) is 56.2 Å². The molecule has 1 heterocycles. The number of hydrazone groups is 1. The second-order valence-electron chi connectivity index (χ2n) is 3.69. The Balaban J connectivity index is 2.00. The van der Waals surface area contributed by atoms with Crippen LogP contribution in [0.15, 0.2) is 45.3 Å². The summed E-state index contributed by atoms with van der Waals surface area (Å²) in [7, 11) is 0. The molecule has 0 atom stereocenters. The number of amides is 1. The fourth-order valence-corrected chi connectivity index (χ4v) is 2.64. The summed E-state index contributed by atoms with van der Waals surface area (Å²) in [5.74, 6) is -0.172. The standard InChI is InChI=1S/C13H11BrN2OS/c1-9-5-6-18-12(9)13(17)16-15-8-10-3-2-4-11(14)7-10/h2-8H,1H3,(H,16,17). The van der Waals surface area contributed by atoms with E-state index in [-0.39, 0.29) is 5.91 Å². The number of nitrogens with zero attached hydrogens (tertiary/aromatic N) is 1. The molecule has 18 heavy (non-hydrogen) atoms. The number of halogens is 1. The maximum atomic E-state index is 11.8. The highest BCUT2D eigenvalue weighted by atomic mass is 79.9. The minimum absolute atomic E-state index is 0.172. The molecule has 92 valence electrons. The van der Waals surface area contributed by atoms with Gasteiger partial charge in [-0.15, -0.1) is 11.3 Å². The number of rotatable bonds is 3. The topological polar surface area (TPSA) is 41.5 Å². The lowest BCUT2D eigenvalue weighted by Crippen LogP contribution is -2.17. The lowest BCUT2D eigenvalue weighted by molar-refractivity contribution is 0.0958. The number of carbonyl (C=O) groups is 1. The van der Waals surface area contributed by atoms with Crippen LogP contribution in [-0.4, -0.2) is 12.1 Å². The van der Waals surface area contributed by atoms with E-state index in [9.17, 15) is 4.79 Å². The van der Waals surface area contributed by atoms with Crippen molar-refractivity contribution in [2.24, 2.45) is 5.10 Å². The van der Waals surface area contributed by atoms with E-state index in [1.165, 1.54) is 11.3 Å². The Kier molecular flexibility index (Phi) is 4.28. The molecule has 0 aliphatic rings. The number of hydrogen-bond acceptors (Lipinski definition) is 3. The highest BCUT2D eigenvalue weighted by Gasteiger charge is 2.08. The van der Waals surface area contributed by atoms with Crippen molar-refractivity contribution in [2.75, 3.05) is 0 Å². The summed E-state index contributed by atoms with van der Waals surface area (Å²) in [6.07, 6.45) is 1.62. The SMILES string of the molecule is Cc1ccsc1C(=O)NN=Cc1cccc(Br)c1. The number of hydrogen-bond donors (Lipinski definition) is 1. The van der Waals surface area contributed by atoms with Crippen LogP contribution in [0.5, 0.6) is 0 Å². The van der Waals surface area contributed by atoms with Crippen LogP contribution in [0.2, 0.25) is 0 Å². The van der Waals surface area contributed by atoms with Crippen molar-refractivity contribution in [2.45, 2.75) is 6.92 Å². The summed E-state index contributed by atoms with van der Waals surface area (Å²) in [6, 6.07) is 9.60. The molecule has 0 aliphatic carbocycles. The molecule has 1 amide bonds.